The number of nitrogens with zero attached hydrogens (tertiary/aromatic N) is 2. The van der Waals surface area contributed by atoms with E-state index in [-0.39, 0.29) is 6.61 Å². The predicted molar refractivity (Wildman–Crippen MR) is 108 cm³/mol. The fourth-order valence-electron chi connectivity index (χ4n) is 3.70. The van der Waals surface area contributed by atoms with Crippen molar-refractivity contribution in [2.24, 2.45) is 0 Å². The standard InChI is InChI=1S/C23H26N2O3/c1-17-11-19(21-13-24-25(14-21)22-7-9-27-10-8-22)12-20(15-26)23(17)28-16-18-5-3-2-4-6-18/h2-6,11-14,22,26H,7-10,15-16H2,1H3. The van der Waals surface area contributed by atoms with E-state index in [1.54, 1.807) is 0 Å². The van der Waals surface area contributed by atoms with Crippen LogP contribution in [0.1, 0.15) is 35.6 Å². The van der Waals surface area contributed by atoms with Gasteiger partial charge in [0.05, 0.1) is 18.8 Å². The highest BCUT2D eigenvalue weighted by atomic mass is 16.5. The quantitative estimate of drug-likeness (QED) is 0.695. The SMILES string of the molecule is Cc1cc(-c2cnn(C3CCOCC3)c2)cc(CO)c1OCc1ccccc1. The number of aromatic nitrogens is 2. The van der Waals surface area contributed by atoms with Gasteiger partial charge in [-0.3, -0.25) is 4.68 Å². The van der Waals surface area contributed by atoms with Crippen molar-refractivity contribution in [2.75, 3.05) is 13.2 Å². The number of aliphatic hydroxyl groups is 1. The molecule has 0 amide bonds. The van der Waals surface area contributed by atoms with Gasteiger partial charge in [0.25, 0.3) is 0 Å². The molecule has 0 radical (unpaired) electrons. The number of aryl methyl sites for hydroxylation is 1. The van der Waals surface area contributed by atoms with Crippen LogP contribution in [0, 0.1) is 6.92 Å². The third-order valence-corrected chi connectivity index (χ3v) is 5.25. The molecule has 146 valence electrons. The Labute approximate surface area is 165 Å². The van der Waals surface area contributed by atoms with E-state index < -0.39 is 0 Å². The van der Waals surface area contributed by atoms with E-state index in [2.05, 4.69) is 17.4 Å². The molecule has 28 heavy (non-hydrogen) atoms. The molecule has 0 atom stereocenters. The maximum atomic E-state index is 9.91. The highest BCUT2D eigenvalue weighted by Crippen LogP contribution is 2.32. The second kappa shape index (κ2) is 8.59. The molecule has 1 fully saturated rings. The lowest BCUT2D eigenvalue weighted by Gasteiger charge is -2.22. The lowest BCUT2D eigenvalue weighted by Crippen LogP contribution is -2.19. The molecule has 2 heterocycles. The summed E-state index contributed by atoms with van der Waals surface area (Å²) in [5.41, 5.74) is 5.01. The molecule has 1 saturated heterocycles. The summed E-state index contributed by atoms with van der Waals surface area (Å²) in [6.07, 6.45) is 5.98. The van der Waals surface area contributed by atoms with E-state index in [4.69, 9.17) is 9.47 Å². The molecular formula is C23H26N2O3. The highest BCUT2D eigenvalue weighted by molar-refractivity contribution is 5.66. The average molecular weight is 378 g/mol. The minimum atomic E-state index is -0.0626. The Bertz CT molecular complexity index is 915. The molecule has 0 unspecified atom stereocenters. The molecule has 2 aromatic carbocycles. The van der Waals surface area contributed by atoms with Gasteiger partial charge in [0.15, 0.2) is 0 Å². The fraction of sp³-hybridized carbons (Fsp3) is 0.348. The van der Waals surface area contributed by atoms with Gasteiger partial charge in [0.1, 0.15) is 12.4 Å². The zero-order chi connectivity index (χ0) is 19.3. The van der Waals surface area contributed by atoms with Crippen LogP contribution < -0.4 is 4.74 Å². The minimum Gasteiger partial charge on any atom is -0.488 e. The topological polar surface area (TPSA) is 56.5 Å². The molecule has 1 aromatic heterocycles. The molecule has 5 nitrogen and oxygen atoms in total. The monoisotopic (exact) mass is 378 g/mol. The molecule has 5 heteroatoms. The van der Waals surface area contributed by atoms with Gasteiger partial charge in [-0.05, 0) is 48.6 Å². The average Bonchev–Trinajstić information content (AvgIpc) is 3.24. The summed E-state index contributed by atoms with van der Waals surface area (Å²) in [4.78, 5) is 0. The summed E-state index contributed by atoms with van der Waals surface area (Å²) in [6, 6.07) is 14.6. The first-order chi connectivity index (χ1) is 13.7. The Morgan fingerprint density at radius 2 is 1.93 bits per heavy atom. The van der Waals surface area contributed by atoms with E-state index in [0.29, 0.717) is 12.6 Å². The maximum Gasteiger partial charge on any atom is 0.128 e. The molecular weight excluding hydrogens is 352 g/mol. The van der Waals surface area contributed by atoms with Gasteiger partial charge in [0, 0.05) is 30.5 Å². The van der Waals surface area contributed by atoms with Crippen LogP contribution in [0.2, 0.25) is 0 Å². The lowest BCUT2D eigenvalue weighted by atomic mass is 10.0. The zero-order valence-corrected chi connectivity index (χ0v) is 16.2. The van der Waals surface area contributed by atoms with Gasteiger partial charge < -0.3 is 14.6 Å². The zero-order valence-electron chi connectivity index (χ0n) is 16.2. The Balaban J connectivity index is 1.55. The van der Waals surface area contributed by atoms with Gasteiger partial charge in [-0.15, -0.1) is 0 Å². The fourth-order valence-corrected chi connectivity index (χ4v) is 3.70. The van der Waals surface area contributed by atoms with E-state index in [9.17, 15) is 5.11 Å². The Hall–Kier alpha value is -2.63. The molecule has 0 saturated carbocycles. The van der Waals surface area contributed by atoms with Crippen molar-refractivity contribution in [3.05, 3.63) is 71.5 Å². The van der Waals surface area contributed by atoms with Crippen molar-refractivity contribution in [3.8, 4) is 16.9 Å². The van der Waals surface area contributed by atoms with Crippen molar-refractivity contribution in [1.82, 2.24) is 9.78 Å². The first kappa shape index (κ1) is 18.7. The predicted octanol–water partition coefficient (Wildman–Crippen LogP) is 4.28. The van der Waals surface area contributed by atoms with E-state index in [1.165, 1.54) is 0 Å². The summed E-state index contributed by atoms with van der Waals surface area (Å²) >= 11 is 0. The van der Waals surface area contributed by atoms with Crippen LogP contribution in [0.25, 0.3) is 11.1 Å². The number of aliphatic hydroxyl groups excluding tert-OH is 1. The van der Waals surface area contributed by atoms with Gasteiger partial charge in [-0.25, -0.2) is 0 Å². The van der Waals surface area contributed by atoms with Crippen molar-refractivity contribution in [2.45, 2.75) is 39.0 Å². The third kappa shape index (κ3) is 4.11. The van der Waals surface area contributed by atoms with Crippen molar-refractivity contribution in [1.29, 1.82) is 0 Å². The minimum absolute atomic E-state index is 0.0626. The number of hydrogen-bond acceptors (Lipinski definition) is 4. The summed E-state index contributed by atoms with van der Waals surface area (Å²) in [5.74, 6) is 0.756. The first-order valence-corrected chi connectivity index (χ1v) is 9.78. The van der Waals surface area contributed by atoms with Crippen molar-refractivity contribution in [3.63, 3.8) is 0 Å². The van der Waals surface area contributed by atoms with Crippen LogP contribution in [-0.2, 0) is 18.0 Å². The van der Waals surface area contributed by atoms with Crippen LogP contribution >= 0.6 is 0 Å². The second-order valence-electron chi connectivity index (χ2n) is 7.27. The van der Waals surface area contributed by atoms with Crippen LogP contribution in [0.15, 0.2) is 54.9 Å². The Morgan fingerprint density at radius 3 is 2.68 bits per heavy atom. The number of hydrogen-bond donors (Lipinski definition) is 1. The van der Waals surface area contributed by atoms with Gasteiger partial charge in [-0.1, -0.05) is 30.3 Å². The number of ether oxygens (including phenoxy) is 2. The van der Waals surface area contributed by atoms with E-state index in [1.807, 2.05) is 54.2 Å². The molecule has 1 aliphatic heterocycles. The number of benzene rings is 2. The van der Waals surface area contributed by atoms with Gasteiger partial charge >= 0.3 is 0 Å². The Kier molecular flexibility index (Phi) is 5.74. The number of rotatable bonds is 6. The summed E-state index contributed by atoms with van der Waals surface area (Å²) in [7, 11) is 0. The smallest absolute Gasteiger partial charge is 0.128 e. The maximum absolute atomic E-state index is 9.91. The first-order valence-electron chi connectivity index (χ1n) is 9.78. The summed E-state index contributed by atoms with van der Waals surface area (Å²) in [5, 5.41) is 14.5. The molecule has 0 aliphatic carbocycles. The van der Waals surface area contributed by atoms with Gasteiger partial charge in [0.2, 0.25) is 0 Å². The molecule has 0 bridgehead atoms. The van der Waals surface area contributed by atoms with E-state index >= 15 is 0 Å². The van der Waals surface area contributed by atoms with Crippen LogP contribution in [0.4, 0.5) is 0 Å². The normalized spacial score (nSPS) is 14.9. The van der Waals surface area contributed by atoms with Crippen LogP contribution in [-0.4, -0.2) is 28.1 Å². The van der Waals surface area contributed by atoms with E-state index in [0.717, 1.165) is 59.6 Å². The molecule has 4 rings (SSSR count). The molecule has 0 spiro atoms. The third-order valence-electron chi connectivity index (χ3n) is 5.25. The van der Waals surface area contributed by atoms with Crippen molar-refractivity contribution < 1.29 is 14.6 Å². The highest BCUT2D eigenvalue weighted by Gasteiger charge is 2.18. The van der Waals surface area contributed by atoms with Crippen molar-refractivity contribution >= 4 is 0 Å². The summed E-state index contributed by atoms with van der Waals surface area (Å²) < 4.78 is 13.5. The lowest BCUT2D eigenvalue weighted by molar-refractivity contribution is 0.0662. The summed E-state index contributed by atoms with van der Waals surface area (Å²) in [6.45, 7) is 4.02. The van der Waals surface area contributed by atoms with Gasteiger partial charge in [-0.2, -0.15) is 5.10 Å². The molecule has 3 aromatic rings. The van der Waals surface area contributed by atoms with Crippen LogP contribution in [0.5, 0.6) is 5.75 Å². The Morgan fingerprint density at radius 1 is 1.14 bits per heavy atom. The molecule has 1 N–H and O–H groups in total. The largest absolute Gasteiger partial charge is 0.488 e. The van der Waals surface area contributed by atoms with Crippen LogP contribution in [0.3, 0.4) is 0 Å². The second-order valence-corrected chi connectivity index (χ2v) is 7.27. The molecule has 1 aliphatic rings.